The van der Waals surface area contributed by atoms with E-state index in [-0.39, 0.29) is 41.5 Å². The maximum atomic E-state index is 13.2. The van der Waals surface area contributed by atoms with Gasteiger partial charge in [-0.05, 0) is 62.1 Å². The average molecular weight is 452 g/mol. The van der Waals surface area contributed by atoms with E-state index in [0.29, 0.717) is 24.2 Å². The Morgan fingerprint density at radius 1 is 0.788 bits per heavy atom. The molecule has 1 saturated heterocycles. The first-order chi connectivity index (χ1) is 16.0. The molecule has 1 saturated carbocycles. The van der Waals surface area contributed by atoms with E-state index in [2.05, 4.69) is 10.6 Å². The summed E-state index contributed by atoms with van der Waals surface area (Å²) >= 11 is 0. The second kappa shape index (κ2) is 10.6. The Morgan fingerprint density at radius 3 is 2.15 bits per heavy atom. The van der Waals surface area contributed by atoms with Gasteiger partial charge in [-0.2, -0.15) is 0 Å². The highest BCUT2D eigenvalue weighted by Gasteiger charge is 2.33. The van der Waals surface area contributed by atoms with Gasteiger partial charge in [0.05, 0.1) is 5.92 Å². The topological polar surface area (TPSA) is 78.5 Å². The van der Waals surface area contributed by atoms with E-state index in [1.165, 1.54) is 24.3 Å². The molecule has 2 N–H and O–H groups in total. The van der Waals surface area contributed by atoms with Crippen molar-refractivity contribution in [2.45, 2.75) is 50.6 Å². The van der Waals surface area contributed by atoms with Crippen molar-refractivity contribution in [1.29, 1.82) is 0 Å². The van der Waals surface area contributed by atoms with E-state index in [1.54, 1.807) is 17.0 Å². The van der Waals surface area contributed by atoms with Crippen LogP contribution in [0.5, 0.6) is 0 Å². The van der Waals surface area contributed by atoms with Crippen LogP contribution in [0.3, 0.4) is 0 Å². The lowest BCUT2D eigenvalue weighted by molar-refractivity contribution is -0.127. The first-order valence-electron chi connectivity index (χ1n) is 11.7. The molecule has 1 aliphatic carbocycles. The van der Waals surface area contributed by atoms with E-state index in [4.69, 9.17) is 0 Å². The fourth-order valence-corrected chi connectivity index (χ4v) is 4.77. The first kappa shape index (κ1) is 23.0. The number of hydrogen-bond acceptors (Lipinski definition) is 3. The Labute approximate surface area is 193 Å². The van der Waals surface area contributed by atoms with E-state index >= 15 is 0 Å². The Kier molecular flexibility index (Phi) is 7.37. The molecule has 6 nitrogen and oxygen atoms in total. The number of amides is 3. The molecule has 0 aromatic heterocycles. The normalized spacial score (nSPS) is 22.9. The minimum Gasteiger partial charge on any atom is -0.351 e. The summed E-state index contributed by atoms with van der Waals surface area (Å²) in [4.78, 5) is 40.3. The molecular formula is C26H30FN3O3. The molecule has 3 amide bonds. The van der Waals surface area contributed by atoms with Crippen molar-refractivity contribution >= 4 is 17.7 Å². The summed E-state index contributed by atoms with van der Waals surface area (Å²) in [5.74, 6) is -1.02. The summed E-state index contributed by atoms with van der Waals surface area (Å²) in [5.41, 5.74) is 1.03. The molecule has 0 radical (unpaired) electrons. The number of benzene rings is 2. The number of carbonyl (C=O) groups is 3. The highest BCUT2D eigenvalue weighted by molar-refractivity contribution is 5.95. The van der Waals surface area contributed by atoms with Gasteiger partial charge in [-0.15, -0.1) is 0 Å². The lowest BCUT2D eigenvalue weighted by atomic mass is 9.88. The highest BCUT2D eigenvalue weighted by atomic mass is 19.1. The zero-order valence-corrected chi connectivity index (χ0v) is 18.6. The number of carbonyl (C=O) groups excluding carboxylic acids is 3. The largest absolute Gasteiger partial charge is 0.351 e. The quantitative estimate of drug-likeness (QED) is 0.730. The number of nitrogens with zero attached hydrogens (tertiary/aromatic N) is 1. The average Bonchev–Trinajstić information content (AvgIpc) is 2.85. The summed E-state index contributed by atoms with van der Waals surface area (Å²) in [7, 11) is 0. The van der Waals surface area contributed by atoms with E-state index in [9.17, 15) is 18.8 Å². The second-order valence-electron chi connectivity index (χ2n) is 8.94. The molecule has 0 bridgehead atoms. The number of halogens is 1. The van der Waals surface area contributed by atoms with Crippen LogP contribution in [0.1, 0.15) is 59.2 Å². The van der Waals surface area contributed by atoms with Crippen LogP contribution in [-0.4, -0.2) is 47.8 Å². The molecule has 2 aromatic rings. The third-order valence-corrected chi connectivity index (χ3v) is 6.62. The van der Waals surface area contributed by atoms with E-state index in [1.807, 2.05) is 18.2 Å². The molecule has 1 unspecified atom stereocenters. The monoisotopic (exact) mass is 451 g/mol. The molecule has 0 spiro atoms. The number of rotatable bonds is 5. The fraction of sp³-hybridized carbons (Fsp3) is 0.423. The van der Waals surface area contributed by atoms with Crippen LogP contribution in [0, 0.1) is 11.7 Å². The molecule has 2 aliphatic rings. The lowest BCUT2D eigenvalue weighted by Crippen LogP contribution is -2.55. The summed E-state index contributed by atoms with van der Waals surface area (Å²) in [6, 6.07) is 14.3. The van der Waals surface area contributed by atoms with Crippen molar-refractivity contribution in [2.24, 2.45) is 5.92 Å². The summed E-state index contributed by atoms with van der Waals surface area (Å²) in [6.07, 6.45) is 5.05. The molecule has 1 heterocycles. The minimum absolute atomic E-state index is 0.0461. The number of nitrogens with one attached hydrogen (secondary N) is 2. The van der Waals surface area contributed by atoms with Crippen LogP contribution in [-0.2, 0) is 4.79 Å². The van der Waals surface area contributed by atoms with Crippen molar-refractivity contribution < 1.29 is 18.8 Å². The Balaban J connectivity index is 1.36. The van der Waals surface area contributed by atoms with Gasteiger partial charge >= 0.3 is 0 Å². The molecule has 7 heteroatoms. The Hall–Kier alpha value is -3.22. The Morgan fingerprint density at radius 2 is 1.45 bits per heavy atom. The van der Waals surface area contributed by atoms with Crippen molar-refractivity contribution in [3.8, 4) is 0 Å². The van der Waals surface area contributed by atoms with Crippen LogP contribution in [0.25, 0.3) is 0 Å². The van der Waals surface area contributed by atoms with Gasteiger partial charge in [0.15, 0.2) is 0 Å². The van der Waals surface area contributed by atoms with Crippen LogP contribution >= 0.6 is 0 Å². The van der Waals surface area contributed by atoms with Gasteiger partial charge in [-0.25, -0.2) is 4.39 Å². The van der Waals surface area contributed by atoms with Crippen molar-refractivity contribution in [3.63, 3.8) is 0 Å². The van der Waals surface area contributed by atoms with Crippen molar-refractivity contribution in [2.75, 3.05) is 13.1 Å². The number of likely N-dealkylation sites (tertiary alicyclic amines) is 1. The van der Waals surface area contributed by atoms with Crippen LogP contribution in [0.4, 0.5) is 4.39 Å². The molecule has 2 aromatic carbocycles. The van der Waals surface area contributed by atoms with Gasteiger partial charge in [0.1, 0.15) is 5.82 Å². The minimum atomic E-state index is -0.387. The molecule has 1 aliphatic heterocycles. The van der Waals surface area contributed by atoms with Crippen LogP contribution in [0.2, 0.25) is 0 Å². The summed E-state index contributed by atoms with van der Waals surface area (Å²) < 4.78 is 13.2. The Bertz CT molecular complexity index is 980. The zero-order chi connectivity index (χ0) is 23.2. The maximum Gasteiger partial charge on any atom is 0.253 e. The lowest BCUT2D eigenvalue weighted by Gasteiger charge is -2.36. The fourth-order valence-electron chi connectivity index (χ4n) is 4.77. The molecular weight excluding hydrogens is 421 g/mol. The predicted molar refractivity (Wildman–Crippen MR) is 123 cm³/mol. The highest BCUT2D eigenvalue weighted by Crippen LogP contribution is 2.23. The standard InChI is InChI=1S/C26H30FN3O3/c27-21-14-12-18(13-15-21)24(31)28-22-10-4-5-11-23(22)29-25(32)20-9-6-16-30(17-20)26(33)19-7-2-1-3-8-19/h1-3,7-8,12-15,20,22-23H,4-6,9-11,16-17H2,(H,28,31)(H,29,32)/t20?,22-,23-/m1/s1. The first-order valence-corrected chi connectivity index (χ1v) is 11.7. The van der Waals surface area contributed by atoms with Gasteiger partial charge in [0, 0.05) is 36.3 Å². The van der Waals surface area contributed by atoms with E-state index < -0.39 is 0 Å². The van der Waals surface area contributed by atoms with Crippen LogP contribution < -0.4 is 10.6 Å². The molecule has 4 rings (SSSR count). The van der Waals surface area contributed by atoms with Gasteiger partial charge in [-0.3, -0.25) is 14.4 Å². The second-order valence-corrected chi connectivity index (χ2v) is 8.94. The van der Waals surface area contributed by atoms with Crippen molar-refractivity contribution in [3.05, 3.63) is 71.5 Å². The third kappa shape index (κ3) is 5.78. The maximum absolute atomic E-state index is 13.2. The summed E-state index contributed by atoms with van der Waals surface area (Å²) in [5, 5.41) is 6.17. The van der Waals surface area contributed by atoms with Gasteiger partial charge < -0.3 is 15.5 Å². The van der Waals surface area contributed by atoms with Crippen molar-refractivity contribution in [1.82, 2.24) is 15.5 Å². The predicted octanol–water partition coefficient (Wildman–Crippen LogP) is 3.54. The van der Waals surface area contributed by atoms with Gasteiger partial charge in [0.2, 0.25) is 5.91 Å². The molecule has 2 fully saturated rings. The molecule has 33 heavy (non-hydrogen) atoms. The molecule has 3 atom stereocenters. The van der Waals surface area contributed by atoms with Crippen LogP contribution in [0.15, 0.2) is 54.6 Å². The number of hydrogen-bond donors (Lipinski definition) is 2. The summed E-state index contributed by atoms with van der Waals surface area (Å²) in [6.45, 7) is 1.05. The number of piperidine rings is 1. The SMILES string of the molecule is O=C(N[C@@H]1CCCC[C@H]1NC(=O)C1CCCN(C(=O)c2ccccc2)C1)c1ccc(F)cc1. The van der Waals surface area contributed by atoms with E-state index in [0.717, 1.165) is 38.5 Å². The zero-order valence-electron chi connectivity index (χ0n) is 18.6. The van der Waals surface area contributed by atoms with Gasteiger partial charge in [0.25, 0.3) is 11.8 Å². The third-order valence-electron chi connectivity index (χ3n) is 6.62. The molecule has 174 valence electrons. The van der Waals surface area contributed by atoms with Gasteiger partial charge in [-0.1, -0.05) is 31.0 Å². The smallest absolute Gasteiger partial charge is 0.253 e.